The number of pyridine rings is 1. The first-order chi connectivity index (χ1) is 11.2. The second-order valence-electron chi connectivity index (χ2n) is 5.27. The smallest absolute Gasteiger partial charge is 0.199 e. The van der Waals surface area contributed by atoms with Crippen LogP contribution in [0.3, 0.4) is 0 Å². The minimum absolute atomic E-state index is 0.191. The maximum Gasteiger partial charge on any atom is 0.199 e. The first-order valence-corrected chi connectivity index (χ1v) is 8.60. The molecule has 0 spiro atoms. The number of halogens is 1. The van der Waals surface area contributed by atoms with Crippen LogP contribution in [0.15, 0.2) is 23.4 Å². The minimum atomic E-state index is -0.191. The lowest BCUT2D eigenvalue weighted by Gasteiger charge is -2.24. The summed E-state index contributed by atoms with van der Waals surface area (Å²) in [6, 6.07) is 5.52. The van der Waals surface area contributed by atoms with E-state index in [9.17, 15) is 0 Å². The molecule has 1 atom stereocenters. The van der Waals surface area contributed by atoms with Crippen molar-refractivity contribution in [3.63, 3.8) is 0 Å². The fraction of sp³-hybridized carbons (Fsp3) is 0.375. The molecule has 122 valence electrons. The predicted molar refractivity (Wildman–Crippen MR) is 90.9 cm³/mol. The fourth-order valence-electron chi connectivity index (χ4n) is 2.48. The lowest BCUT2D eigenvalue weighted by atomic mass is 10.2. The Balaban J connectivity index is 1.84. The number of ether oxygens (including phenoxy) is 2. The molecule has 1 unspecified atom stereocenters. The Morgan fingerprint density at radius 3 is 3.04 bits per heavy atom. The van der Waals surface area contributed by atoms with E-state index in [0.29, 0.717) is 4.34 Å². The number of rotatable bonds is 4. The highest BCUT2D eigenvalue weighted by Gasteiger charge is 2.17. The molecular formula is C16H17ClN2O3S. The molecule has 2 aromatic rings. The second kappa shape index (κ2) is 7.29. The Morgan fingerprint density at radius 1 is 1.48 bits per heavy atom. The van der Waals surface area contributed by atoms with E-state index in [1.165, 1.54) is 17.6 Å². The van der Waals surface area contributed by atoms with Crippen LogP contribution in [0.5, 0.6) is 5.75 Å². The Labute approximate surface area is 143 Å². The Morgan fingerprint density at radius 2 is 2.35 bits per heavy atom. The standard InChI is InChI=1S/C16H17ClN2O3S/c1-10-13(22-15-4-2-3-7-21-15)6-5-12(19-10)16-11(9-18-20)8-14(17)23-16/h5-6,8-9,15,20H,2-4,7H2,1H3/b18-9+. The van der Waals surface area contributed by atoms with Crippen LogP contribution in [0.4, 0.5) is 0 Å². The Bertz CT molecular complexity index is 711. The summed E-state index contributed by atoms with van der Waals surface area (Å²) in [4.78, 5) is 5.45. The maximum atomic E-state index is 8.76. The monoisotopic (exact) mass is 352 g/mol. The van der Waals surface area contributed by atoms with Crippen LogP contribution in [0.2, 0.25) is 4.34 Å². The number of aryl methyl sites for hydroxylation is 1. The number of thiophene rings is 1. The van der Waals surface area contributed by atoms with Crippen LogP contribution in [0, 0.1) is 6.92 Å². The zero-order valence-electron chi connectivity index (χ0n) is 12.7. The molecular weight excluding hydrogens is 336 g/mol. The normalized spacial score (nSPS) is 18.4. The summed E-state index contributed by atoms with van der Waals surface area (Å²) in [5.74, 6) is 0.723. The molecule has 1 aliphatic rings. The van der Waals surface area contributed by atoms with Crippen LogP contribution < -0.4 is 4.74 Å². The number of aromatic nitrogens is 1. The average Bonchev–Trinajstić information content (AvgIpc) is 2.91. The lowest BCUT2D eigenvalue weighted by Crippen LogP contribution is -2.25. The molecule has 1 aliphatic heterocycles. The second-order valence-corrected chi connectivity index (χ2v) is 6.96. The first kappa shape index (κ1) is 16.2. The molecule has 2 aromatic heterocycles. The van der Waals surface area contributed by atoms with Crippen molar-refractivity contribution in [2.24, 2.45) is 5.16 Å². The molecule has 23 heavy (non-hydrogen) atoms. The van der Waals surface area contributed by atoms with Crippen molar-refractivity contribution >= 4 is 29.2 Å². The number of oxime groups is 1. The third kappa shape index (κ3) is 3.83. The molecule has 7 heteroatoms. The van der Waals surface area contributed by atoms with Crippen molar-refractivity contribution in [2.75, 3.05) is 6.61 Å². The van der Waals surface area contributed by atoms with Crippen molar-refractivity contribution in [1.29, 1.82) is 0 Å². The van der Waals surface area contributed by atoms with Gasteiger partial charge in [0.05, 0.1) is 33.4 Å². The summed E-state index contributed by atoms with van der Waals surface area (Å²) < 4.78 is 12.1. The number of nitrogens with zero attached hydrogens (tertiary/aromatic N) is 2. The van der Waals surface area contributed by atoms with Gasteiger partial charge in [0.2, 0.25) is 0 Å². The van der Waals surface area contributed by atoms with Gasteiger partial charge in [0, 0.05) is 12.0 Å². The predicted octanol–water partition coefficient (Wildman–Crippen LogP) is 4.49. The third-order valence-electron chi connectivity index (χ3n) is 3.59. The molecule has 0 bridgehead atoms. The molecule has 0 radical (unpaired) electrons. The summed E-state index contributed by atoms with van der Waals surface area (Å²) in [6.45, 7) is 2.64. The lowest BCUT2D eigenvalue weighted by molar-refractivity contribution is -0.106. The van der Waals surface area contributed by atoms with Gasteiger partial charge >= 0.3 is 0 Å². The van der Waals surface area contributed by atoms with E-state index < -0.39 is 0 Å². The molecule has 0 amide bonds. The quantitative estimate of drug-likeness (QED) is 0.500. The van der Waals surface area contributed by atoms with Crippen molar-refractivity contribution in [1.82, 2.24) is 4.98 Å². The maximum absolute atomic E-state index is 8.76. The van der Waals surface area contributed by atoms with Crippen molar-refractivity contribution < 1.29 is 14.7 Å². The van der Waals surface area contributed by atoms with E-state index in [1.54, 1.807) is 6.07 Å². The van der Waals surface area contributed by atoms with Gasteiger partial charge in [0.15, 0.2) is 6.29 Å². The molecule has 0 aliphatic carbocycles. The van der Waals surface area contributed by atoms with Crippen LogP contribution in [-0.2, 0) is 4.74 Å². The number of hydrogen-bond donors (Lipinski definition) is 1. The van der Waals surface area contributed by atoms with Gasteiger partial charge in [-0.1, -0.05) is 16.8 Å². The highest BCUT2D eigenvalue weighted by molar-refractivity contribution is 7.19. The highest BCUT2D eigenvalue weighted by Crippen LogP contribution is 2.35. The van der Waals surface area contributed by atoms with Gasteiger partial charge in [-0.15, -0.1) is 11.3 Å². The molecule has 5 nitrogen and oxygen atoms in total. The zero-order chi connectivity index (χ0) is 16.2. The van der Waals surface area contributed by atoms with Gasteiger partial charge in [-0.25, -0.2) is 4.98 Å². The van der Waals surface area contributed by atoms with Crippen molar-refractivity contribution in [3.8, 4) is 16.3 Å². The van der Waals surface area contributed by atoms with Gasteiger partial charge in [0.1, 0.15) is 5.75 Å². The number of hydrogen-bond acceptors (Lipinski definition) is 6. The van der Waals surface area contributed by atoms with E-state index in [1.807, 2.05) is 19.1 Å². The van der Waals surface area contributed by atoms with Gasteiger partial charge in [-0.3, -0.25) is 0 Å². The average molecular weight is 353 g/mol. The van der Waals surface area contributed by atoms with Crippen molar-refractivity contribution in [2.45, 2.75) is 32.5 Å². The minimum Gasteiger partial charge on any atom is -0.463 e. The summed E-state index contributed by atoms with van der Waals surface area (Å²) in [6.07, 6.45) is 4.27. The highest BCUT2D eigenvalue weighted by atomic mass is 35.5. The van der Waals surface area contributed by atoms with E-state index >= 15 is 0 Å². The molecule has 1 saturated heterocycles. The fourth-order valence-corrected chi connectivity index (χ4v) is 3.65. The molecule has 1 N–H and O–H groups in total. The molecule has 3 rings (SSSR count). The van der Waals surface area contributed by atoms with E-state index in [2.05, 4.69) is 10.1 Å². The Kier molecular flexibility index (Phi) is 5.15. The van der Waals surface area contributed by atoms with Crippen molar-refractivity contribution in [3.05, 3.63) is 33.8 Å². The van der Waals surface area contributed by atoms with Crippen LogP contribution in [0.25, 0.3) is 10.6 Å². The molecule has 3 heterocycles. The SMILES string of the molecule is Cc1nc(-c2sc(Cl)cc2/C=N/O)ccc1OC1CCCCO1. The largest absolute Gasteiger partial charge is 0.463 e. The topological polar surface area (TPSA) is 63.9 Å². The van der Waals surface area contributed by atoms with Crippen LogP contribution >= 0.6 is 22.9 Å². The summed E-state index contributed by atoms with van der Waals surface area (Å²) in [7, 11) is 0. The third-order valence-corrected chi connectivity index (χ3v) is 4.90. The van der Waals surface area contributed by atoms with Gasteiger partial charge in [-0.05, 0) is 38.0 Å². The van der Waals surface area contributed by atoms with E-state index in [0.717, 1.165) is 53.4 Å². The zero-order valence-corrected chi connectivity index (χ0v) is 14.2. The Hall–Kier alpha value is -1.63. The molecule has 0 aromatic carbocycles. The van der Waals surface area contributed by atoms with Gasteiger partial charge in [-0.2, -0.15) is 0 Å². The molecule has 0 saturated carbocycles. The van der Waals surface area contributed by atoms with E-state index in [-0.39, 0.29) is 6.29 Å². The first-order valence-electron chi connectivity index (χ1n) is 7.40. The van der Waals surface area contributed by atoms with E-state index in [4.69, 9.17) is 26.3 Å². The summed E-state index contributed by atoms with van der Waals surface area (Å²) in [5, 5.41) is 11.8. The summed E-state index contributed by atoms with van der Waals surface area (Å²) in [5.41, 5.74) is 2.29. The van der Waals surface area contributed by atoms with Gasteiger partial charge < -0.3 is 14.7 Å². The van der Waals surface area contributed by atoms with Crippen LogP contribution in [-0.4, -0.2) is 29.3 Å². The summed E-state index contributed by atoms with van der Waals surface area (Å²) >= 11 is 7.45. The van der Waals surface area contributed by atoms with Crippen LogP contribution in [0.1, 0.15) is 30.5 Å². The van der Waals surface area contributed by atoms with Gasteiger partial charge in [0.25, 0.3) is 0 Å². The molecule has 1 fully saturated rings.